The van der Waals surface area contributed by atoms with Gasteiger partial charge in [-0.15, -0.1) is 0 Å². The lowest BCUT2D eigenvalue weighted by molar-refractivity contribution is 0.275. The van der Waals surface area contributed by atoms with E-state index in [9.17, 15) is 5.02 Å². The smallest absolute Gasteiger partial charge is 0.455 e. The van der Waals surface area contributed by atoms with Crippen LogP contribution >= 0.6 is 11.6 Å². The summed E-state index contributed by atoms with van der Waals surface area (Å²) >= 11 is 6.20. The molecule has 0 atom stereocenters. The Labute approximate surface area is 114 Å². The molecule has 96 valence electrons. The Kier molecular flexibility index (Phi) is 3.06. The molecule has 0 saturated heterocycles. The molecule has 0 saturated carbocycles. The lowest BCUT2D eigenvalue weighted by Gasteiger charge is -2.05. The van der Waals surface area contributed by atoms with E-state index in [-0.39, 0.29) is 0 Å². The molecule has 2 N–H and O–H groups in total. The minimum absolute atomic E-state index is 0.344. The van der Waals surface area contributed by atoms with Crippen LogP contribution in [0, 0.1) is 0 Å². The SMILES string of the molecule is O/N=C/c1ccc(-c2cc3c(cc2Cl)COB3O)o1. The molecule has 2 heterocycles. The Balaban J connectivity index is 2.07. The first-order chi connectivity index (χ1) is 9.19. The molecule has 0 radical (unpaired) electrons. The van der Waals surface area contributed by atoms with E-state index >= 15 is 0 Å². The van der Waals surface area contributed by atoms with E-state index < -0.39 is 7.12 Å². The predicted molar refractivity (Wildman–Crippen MR) is 70.9 cm³/mol. The van der Waals surface area contributed by atoms with Crippen LogP contribution in [0.2, 0.25) is 5.02 Å². The highest BCUT2D eigenvalue weighted by atomic mass is 35.5. The van der Waals surface area contributed by atoms with Gasteiger partial charge in [0.2, 0.25) is 0 Å². The van der Waals surface area contributed by atoms with Crippen molar-refractivity contribution in [3.8, 4) is 11.3 Å². The van der Waals surface area contributed by atoms with Crippen molar-refractivity contribution in [3.05, 3.63) is 40.6 Å². The van der Waals surface area contributed by atoms with Crippen LogP contribution in [0.15, 0.2) is 33.8 Å². The van der Waals surface area contributed by atoms with Crippen molar-refractivity contribution < 1.29 is 19.3 Å². The summed E-state index contributed by atoms with van der Waals surface area (Å²) in [5.41, 5.74) is 2.21. The first kappa shape index (κ1) is 12.3. The number of halogens is 1. The minimum Gasteiger partial charge on any atom is -0.455 e. The number of fused-ring (bicyclic) bond motifs is 1. The van der Waals surface area contributed by atoms with E-state index in [4.69, 9.17) is 25.9 Å². The lowest BCUT2D eigenvalue weighted by Crippen LogP contribution is -2.28. The molecular formula is C12H9BClNO4. The summed E-state index contributed by atoms with van der Waals surface area (Å²) in [5.74, 6) is 0.938. The van der Waals surface area contributed by atoms with Gasteiger partial charge in [-0.05, 0) is 35.3 Å². The second kappa shape index (κ2) is 4.73. The number of furan rings is 1. The van der Waals surface area contributed by atoms with E-state index in [1.807, 2.05) is 0 Å². The molecule has 7 heteroatoms. The molecule has 0 spiro atoms. The van der Waals surface area contributed by atoms with Crippen LogP contribution in [0.25, 0.3) is 11.3 Å². The molecule has 1 aromatic heterocycles. The average Bonchev–Trinajstić information content (AvgIpc) is 2.97. The molecule has 0 bridgehead atoms. The largest absolute Gasteiger partial charge is 0.491 e. The van der Waals surface area contributed by atoms with Crippen molar-refractivity contribution >= 4 is 30.4 Å². The fraction of sp³-hybridized carbons (Fsp3) is 0.0833. The van der Waals surface area contributed by atoms with Gasteiger partial charge in [0.25, 0.3) is 0 Å². The van der Waals surface area contributed by atoms with Gasteiger partial charge in [0, 0.05) is 5.56 Å². The quantitative estimate of drug-likeness (QED) is 0.379. The molecule has 0 amide bonds. The van der Waals surface area contributed by atoms with Gasteiger partial charge < -0.3 is 19.3 Å². The molecule has 1 aliphatic rings. The monoisotopic (exact) mass is 277 g/mol. The molecule has 2 aromatic rings. The third-order valence-corrected chi connectivity index (χ3v) is 3.28. The Hall–Kier alpha value is -1.76. The van der Waals surface area contributed by atoms with Crippen molar-refractivity contribution in [3.63, 3.8) is 0 Å². The maximum absolute atomic E-state index is 9.68. The second-order valence-electron chi connectivity index (χ2n) is 4.14. The number of nitrogens with zero attached hydrogens (tertiary/aromatic N) is 1. The molecule has 0 aliphatic carbocycles. The summed E-state index contributed by atoms with van der Waals surface area (Å²) in [6.07, 6.45) is 1.18. The molecule has 3 rings (SSSR count). The highest BCUT2D eigenvalue weighted by molar-refractivity contribution is 6.61. The van der Waals surface area contributed by atoms with Gasteiger partial charge in [0.05, 0.1) is 11.6 Å². The van der Waals surface area contributed by atoms with Gasteiger partial charge in [0.1, 0.15) is 17.7 Å². The normalized spacial score (nSPS) is 14.3. The first-order valence-corrected chi connectivity index (χ1v) is 5.96. The fourth-order valence-corrected chi connectivity index (χ4v) is 2.34. The Bertz CT molecular complexity index is 655. The van der Waals surface area contributed by atoms with Gasteiger partial charge in [-0.25, -0.2) is 0 Å². The van der Waals surface area contributed by atoms with Gasteiger partial charge in [-0.1, -0.05) is 16.8 Å². The summed E-state index contributed by atoms with van der Waals surface area (Å²) < 4.78 is 10.6. The molecule has 1 aromatic carbocycles. The van der Waals surface area contributed by atoms with E-state index in [0.29, 0.717) is 34.2 Å². The first-order valence-electron chi connectivity index (χ1n) is 5.58. The van der Waals surface area contributed by atoms with Crippen LogP contribution in [-0.4, -0.2) is 23.6 Å². The number of oxime groups is 1. The Morgan fingerprint density at radius 1 is 1.37 bits per heavy atom. The van der Waals surface area contributed by atoms with Crippen LogP contribution in [-0.2, 0) is 11.3 Å². The number of hydrogen-bond acceptors (Lipinski definition) is 5. The van der Waals surface area contributed by atoms with E-state index in [1.165, 1.54) is 6.21 Å². The van der Waals surface area contributed by atoms with Crippen molar-refractivity contribution in [2.75, 3.05) is 0 Å². The number of benzene rings is 1. The second-order valence-corrected chi connectivity index (χ2v) is 4.55. The van der Waals surface area contributed by atoms with Crippen LogP contribution in [0.3, 0.4) is 0 Å². The zero-order valence-corrected chi connectivity index (χ0v) is 10.5. The lowest BCUT2D eigenvalue weighted by atomic mass is 9.78. The van der Waals surface area contributed by atoms with Crippen LogP contribution in [0.4, 0.5) is 0 Å². The third-order valence-electron chi connectivity index (χ3n) is 2.97. The van der Waals surface area contributed by atoms with Gasteiger partial charge >= 0.3 is 7.12 Å². The van der Waals surface area contributed by atoms with E-state index in [0.717, 1.165) is 5.56 Å². The van der Waals surface area contributed by atoms with Crippen LogP contribution in [0.1, 0.15) is 11.3 Å². The van der Waals surface area contributed by atoms with Gasteiger partial charge in [-0.2, -0.15) is 0 Å². The van der Waals surface area contributed by atoms with Gasteiger partial charge in [0.15, 0.2) is 0 Å². The molecule has 0 fully saturated rings. The van der Waals surface area contributed by atoms with Crippen LogP contribution in [0.5, 0.6) is 0 Å². The fourth-order valence-electron chi connectivity index (χ4n) is 2.06. The molecule has 5 nitrogen and oxygen atoms in total. The number of hydrogen-bond donors (Lipinski definition) is 2. The average molecular weight is 277 g/mol. The maximum atomic E-state index is 9.68. The number of rotatable bonds is 2. The predicted octanol–water partition coefficient (Wildman–Crippen LogP) is 1.63. The molecule has 0 unspecified atom stereocenters. The Morgan fingerprint density at radius 3 is 3.00 bits per heavy atom. The third kappa shape index (κ3) is 2.14. The van der Waals surface area contributed by atoms with Crippen molar-refractivity contribution in [1.82, 2.24) is 0 Å². The molecular weight excluding hydrogens is 268 g/mol. The van der Waals surface area contributed by atoms with Crippen molar-refractivity contribution in [2.45, 2.75) is 6.61 Å². The van der Waals surface area contributed by atoms with Crippen LogP contribution < -0.4 is 5.46 Å². The summed E-state index contributed by atoms with van der Waals surface area (Å²) in [6, 6.07) is 6.87. The maximum Gasteiger partial charge on any atom is 0.491 e. The van der Waals surface area contributed by atoms with Crippen molar-refractivity contribution in [1.29, 1.82) is 0 Å². The topological polar surface area (TPSA) is 75.2 Å². The summed E-state index contributed by atoms with van der Waals surface area (Å²) in [4.78, 5) is 0. The minimum atomic E-state index is -0.931. The summed E-state index contributed by atoms with van der Waals surface area (Å²) in [6.45, 7) is 0.344. The van der Waals surface area contributed by atoms with E-state index in [1.54, 1.807) is 24.3 Å². The highest BCUT2D eigenvalue weighted by Gasteiger charge is 2.29. The molecule has 19 heavy (non-hydrogen) atoms. The standard InChI is InChI=1S/C12H9BClNO4/c14-11-3-7-6-18-13(16)10(7)4-9(11)12-2-1-8(19-12)5-15-17/h1-5,16-17H,6H2/b15-5+. The van der Waals surface area contributed by atoms with Gasteiger partial charge in [-0.3, -0.25) is 0 Å². The zero-order valence-electron chi connectivity index (χ0n) is 9.71. The van der Waals surface area contributed by atoms with E-state index in [2.05, 4.69) is 5.16 Å². The highest BCUT2D eigenvalue weighted by Crippen LogP contribution is 2.30. The zero-order chi connectivity index (χ0) is 13.4. The Morgan fingerprint density at radius 2 is 2.21 bits per heavy atom. The molecule has 1 aliphatic heterocycles. The van der Waals surface area contributed by atoms with Crippen molar-refractivity contribution in [2.24, 2.45) is 5.16 Å². The summed E-state index contributed by atoms with van der Waals surface area (Å²) in [5, 5.41) is 21.5. The summed E-state index contributed by atoms with van der Waals surface area (Å²) in [7, 11) is -0.931.